The summed E-state index contributed by atoms with van der Waals surface area (Å²) in [7, 11) is 4.01. The summed E-state index contributed by atoms with van der Waals surface area (Å²) in [5, 5.41) is 18.9. The topological polar surface area (TPSA) is 109 Å². The Morgan fingerprint density at radius 1 is 1.44 bits per heavy atom. The molecule has 9 nitrogen and oxygen atoms in total. The second kappa shape index (κ2) is 7.75. The van der Waals surface area contributed by atoms with Gasteiger partial charge in [-0.2, -0.15) is 0 Å². The molecule has 144 valence electrons. The number of hydroxylamine groups is 1. The van der Waals surface area contributed by atoms with Gasteiger partial charge in [-0.15, -0.1) is 5.11 Å². The lowest BCUT2D eigenvalue weighted by Gasteiger charge is -2.26. The fourth-order valence-corrected chi connectivity index (χ4v) is 3.10. The molecule has 1 atom stereocenters. The molecule has 1 aromatic carbocycles. The highest BCUT2D eigenvalue weighted by molar-refractivity contribution is 5.79. The van der Waals surface area contributed by atoms with Crippen LogP contribution in [0.2, 0.25) is 0 Å². The zero-order chi connectivity index (χ0) is 19.6. The molecule has 1 amide bonds. The van der Waals surface area contributed by atoms with Crippen molar-refractivity contribution in [3.63, 3.8) is 0 Å². The number of H-pyrrole nitrogens is 1. The molecule has 3 rings (SSSR count). The van der Waals surface area contributed by atoms with Gasteiger partial charge in [0.15, 0.2) is 0 Å². The number of benzene rings is 1. The number of hydrogen-bond donors (Lipinski definition) is 3. The van der Waals surface area contributed by atoms with Gasteiger partial charge in [0, 0.05) is 26.2 Å². The van der Waals surface area contributed by atoms with E-state index in [1.54, 1.807) is 11.6 Å². The molecule has 3 N–H and O–H groups in total. The number of aromatic nitrogens is 2. The number of anilines is 1. The van der Waals surface area contributed by atoms with Gasteiger partial charge in [-0.25, -0.2) is 10.5 Å². The number of nitrogens with zero attached hydrogens (tertiary/aromatic N) is 5. The Hall–Kier alpha value is -2.94. The van der Waals surface area contributed by atoms with Crippen LogP contribution < -0.4 is 10.4 Å². The maximum Gasteiger partial charge on any atom is 0.247 e. The van der Waals surface area contributed by atoms with Crippen molar-refractivity contribution in [3.8, 4) is 0 Å². The second-order valence-corrected chi connectivity index (χ2v) is 7.13. The van der Waals surface area contributed by atoms with E-state index in [0.717, 1.165) is 22.5 Å². The van der Waals surface area contributed by atoms with Crippen molar-refractivity contribution in [3.05, 3.63) is 35.8 Å². The van der Waals surface area contributed by atoms with E-state index in [1.807, 2.05) is 36.1 Å². The predicted octanol–water partition coefficient (Wildman–Crippen LogP) is 2.79. The first kappa shape index (κ1) is 18.8. The minimum Gasteiger partial charge on any atom is -0.378 e. The van der Waals surface area contributed by atoms with Crippen LogP contribution in [-0.2, 0) is 4.79 Å². The summed E-state index contributed by atoms with van der Waals surface area (Å²) in [4.78, 5) is 21.4. The summed E-state index contributed by atoms with van der Waals surface area (Å²) in [5.41, 5.74) is 5.29. The second-order valence-electron chi connectivity index (χ2n) is 7.13. The predicted molar refractivity (Wildman–Crippen MR) is 102 cm³/mol. The first-order chi connectivity index (χ1) is 12.9. The Morgan fingerprint density at radius 2 is 2.22 bits per heavy atom. The third-order valence-electron chi connectivity index (χ3n) is 4.49. The molecule has 0 fully saturated rings. The molecule has 1 aromatic heterocycles. The Labute approximate surface area is 157 Å². The Morgan fingerprint density at radius 3 is 2.89 bits per heavy atom. The number of hydrogen-bond acceptors (Lipinski definition) is 7. The van der Waals surface area contributed by atoms with E-state index in [9.17, 15) is 4.79 Å². The number of nitrogens with one attached hydrogen (secondary N) is 2. The van der Waals surface area contributed by atoms with Crippen molar-refractivity contribution in [2.75, 3.05) is 25.5 Å². The zero-order valence-corrected chi connectivity index (χ0v) is 16.0. The van der Waals surface area contributed by atoms with Crippen LogP contribution in [0.3, 0.4) is 0 Å². The summed E-state index contributed by atoms with van der Waals surface area (Å²) < 4.78 is 0. The molecular formula is C18H25N7O2. The number of imidazole rings is 1. The smallest absolute Gasteiger partial charge is 0.247 e. The summed E-state index contributed by atoms with van der Waals surface area (Å²) in [6.45, 7) is 4.71. The van der Waals surface area contributed by atoms with Crippen molar-refractivity contribution in [1.29, 1.82) is 0 Å². The van der Waals surface area contributed by atoms with Crippen LogP contribution in [0, 0.1) is 5.92 Å². The summed E-state index contributed by atoms with van der Waals surface area (Å²) in [6, 6.07) is 6.06. The number of amides is 1. The van der Waals surface area contributed by atoms with E-state index < -0.39 is 5.91 Å². The highest BCUT2D eigenvalue weighted by Crippen LogP contribution is 2.32. The first-order valence-electron chi connectivity index (χ1n) is 8.86. The van der Waals surface area contributed by atoms with Gasteiger partial charge in [-0.1, -0.05) is 19.1 Å². The van der Waals surface area contributed by atoms with Crippen molar-refractivity contribution >= 4 is 22.6 Å². The summed E-state index contributed by atoms with van der Waals surface area (Å²) in [6.07, 6.45) is 1.72. The minimum absolute atomic E-state index is 0.0585. The van der Waals surface area contributed by atoms with E-state index >= 15 is 0 Å². The lowest BCUT2D eigenvalue weighted by molar-refractivity contribution is -0.128. The molecule has 0 saturated heterocycles. The van der Waals surface area contributed by atoms with Crippen LogP contribution in [0.4, 0.5) is 5.69 Å². The van der Waals surface area contributed by atoms with Crippen LogP contribution >= 0.6 is 0 Å². The van der Waals surface area contributed by atoms with Crippen molar-refractivity contribution in [1.82, 2.24) is 20.5 Å². The quantitative estimate of drug-likeness (QED) is 0.534. The molecule has 0 bridgehead atoms. The molecule has 9 heteroatoms. The fraction of sp³-hybridized carbons (Fsp3) is 0.444. The molecule has 2 aromatic rings. The molecule has 1 aliphatic heterocycles. The molecule has 1 unspecified atom stereocenters. The van der Waals surface area contributed by atoms with Crippen LogP contribution in [0.5, 0.6) is 0 Å². The fourth-order valence-electron chi connectivity index (χ4n) is 3.10. The average molecular weight is 371 g/mol. The van der Waals surface area contributed by atoms with Crippen LogP contribution in [-0.4, -0.2) is 46.7 Å². The van der Waals surface area contributed by atoms with Gasteiger partial charge >= 0.3 is 0 Å². The van der Waals surface area contributed by atoms with Crippen molar-refractivity contribution in [2.24, 2.45) is 16.3 Å². The molecule has 0 spiro atoms. The summed E-state index contributed by atoms with van der Waals surface area (Å²) in [5.74, 6) is 0.604. The number of rotatable bonds is 6. The standard InChI is InChI=1S/C18H25N7O2/c1-11(2)17(25-10-12(21-23-25)5-8-16(26)22-27)18-19-14-7-6-13(24(3)4)9-15(14)20-18/h5-7,9,11,17,27H,8,10H2,1-4H3,(H,19,20)(H,22,26)/b12-5-. The highest BCUT2D eigenvalue weighted by Gasteiger charge is 2.29. The largest absolute Gasteiger partial charge is 0.378 e. The summed E-state index contributed by atoms with van der Waals surface area (Å²) >= 11 is 0. The molecule has 0 aliphatic carbocycles. The maximum atomic E-state index is 11.2. The number of fused-ring (bicyclic) bond motifs is 1. The van der Waals surface area contributed by atoms with Gasteiger partial charge < -0.3 is 9.88 Å². The Kier molecular flexibility index (Phi) is 5.41. The normalized spacial score (nSPS) is 16.5. The van der Waals surface area contributed by atoms with E-state index in [2.05, 4.69) is 35.2 Å². The van der Waals surface area contributed by atoms with Gasteiger partial charge in [0.1, 0.15) is 11.9 Å². The van der Waals surface area contributed by atoms with Crippen LogP contribution in [0.25, 0.3) is 11.0 Å². The molecular weight excluding hydrogens is 346 g/mol. The minimum atomic E-state index is -0.481. The van der Waals surface area contributed by atoms with E-state index in [0.29, 0.717) is 12.2 Å². The van der Waals surface area contributed by atoms with Crippen molar-refractivity contribution in [2.45, 2.75) is 26.3 Å². The monoisotopic (exact) mass is 371 g/mol. The molecule has 1 aliphatic rings. The zero-order valence-electron chi connectivity index (χ0n) is 16.0. The molecule has 0 saturated carbocycles. The highest BCUT2D eigenvalue weighted by atomic mass is 16.5. The number of carbonyl (C=O) groups excluding carboxylic acids is 1. The van der Waals surface area contributed by atoms with Gasteiger partial charge in [0.05, 0.1) is 23.3 Å². The number of carbonyl (C=O) groups is 1. The third kappa shape index (κ3) is 4.08. The molecule has 2 heterocycles. The van der Waals surface area contributed by atoms with Gasteiger partial charge in [0.25, 0.3) is 0 Å². The van der Waals surface area contributed by atoms with Gasteiger partial charge in [-0.3, -0.25) is 15.0 Å². The Bertz CT molecular complexity index is 885. The maximum absolute atomic E-state index is 11.2. The lowest BCUT2D eigenvalue weighted by Crippen LogP contribution is -2.27. The first-order valence-corrected chi connectivity index (χ1v) is 8.86. The van der Waals surface area contributed by atoms with Gasteiger partial charge in [-0.05, 0) is 30.2 Å². The van der Waals surface area contributed by atoms with Crippen molar-refractivity contribution < 1.29 is 10.0 Å². The lowest BCUT2D eigenvalue weighted by atomic mass is 10.0. The van der Waals surface area contributed by atoms with Gasteiger partial charge in [0.2, 0.25) is 5.91 Å². The van der Waals surface area contributed by atoms with E-state index in [1.165, 1.54) is 0 Å². The third-order valence-corrected chi connectivity index (χ3v) is 4.49. The van der Waals surface area contributed by atoms with Crippen LogP contribution in [0.1, 0.15) is 32.1 Å². The van der Waals surface area contributed by atoms with Crippen LogP contribution in [0.15, 0.2) is 40.3 Å². The van der Waals surface area contributed by atoms with E-state index in [-0.39, 0.29) is 18.4 Å². The van der Waals surface area contributed by atoms with E-state index in [4.69, 9.17) is 10.2 Å². The molecule has 27 heavy (non-hydrogen) atoms. The SMILES string of the molecule is CC(C)C(c1nc2ccc(N(C)C)cc2[nH]1)N1C/C(=C/CC(=O)NO)N=N1. The average Bonchev–Trinajstić information content (AvgIpc) is 3.25. The Balaban J connectivity index is 1.83. The molecule has 0 radical (unpaired) electrons. The number of aromatic amines is 1.